The van der Waals surface area contributed by atoms with Crippen molar-refractivity contribution in [2.45, 2.75) is 6.18 Å². The molecule has 0 aliphatic heterocycles. The highest BCUT2D eigenvalue weighted by Crippen LogP contribution is 2.38. The highest BCUT2D eigenvalue weighted by Gasteiger charge is 2.34. The molecule has 1 aromatic carbocycles. The Balaban J connectivity index is 2.81. The zero-order chi connectivity index (χ0) is 11.9. The van der Waals surface area contributed by atoms with Gasteiger partial charge in [0.05, 0.1) is 21.1 Å². The monoisotopic (exact) mass is 265 g/mol. The van der Waals surface area contributed by atoms with Gasteiger partial charge in [0.25, 0.3) is 0 Å². The van der Waals surface area contributed by atoms with Crippen LogP contribution >= 0.6 is 23.2 Å². The number of hydrogen-bond acceptors (Lipinski definition) is 1. The van der Waals surface area contributed by atoms with E-state index in [1.54, 1.807) is 0 Å². The summed E-state index contributed by atoms with van der Waals surface area (Å²) in [7, 11) is 0. The first-order valence-corrected chi connectivity index (χ1v) is 4.97. The SMILES string of the molecule is FC(F)(F)c1ccc2c(Cl)ccnc2c1Cl. The van der Waals surface area contributed by atoms with Gasteiger partial charge >= 0.3 is 6.18 Å². The lowest BCUT2D eigenvalue weighted by Gasteiger charge is -2.10. The van der Waals surface area contributed by atoms with E-state index < -0.39 is 16.8 Å². The zero-order valence-corrected chi connectivity index (χ0v) is 9.16. The fraction of sp³-hybridized carbons (Fsp3) is 0.100. The Morgan fingerprint density at radius 1 is 1.06 bits per heavy atom. The third-order valence-corrected chi connectivity index (χ3v) is 2.82. The Morgan fingerprint density at radius 3 is 2.38 bits per heavy atom. The molecule has 84 valence electrons. The summed E-state index contributed by atoms with van der Waals surface area (Å²) in [5, 5.41) is 0.301. The molecule has 0 fully saturated rings. The van der Waals surface area contributed by atoms with Gasteiger partial charge in [0.2, 0.25) is 0 Å². The van der Waals surface area contributed by atoms with E-state index in [0.717, 1.165) is 6.07 Å². The van der Waals surface area contributed by atoms with Crippen molar-refractivity contribution in [3.63, 3.8) is 0 Å². The number of hydrogen-bond donors (Lipinski definition) is 0. The first-order chi connectivity index (χ1) is 7.41. The summed E-state index contributed by atoms with van der Waals surface area (Å²) < 4.78 is 37.6. The summed E-state index contributed by atoms with van der Waals surface area (Å²) in [6, 6.07) is 3.66. The Morgan fingerprint density at radius 2 is 1.75 bits per heavy atom. The molecule has 2 rings (SSSR count). The Labute approximate surface area is 98.8 Å². The Bertz CT molecular complexity index is 551. The smallest absolute Gasteiger partial charge is 0.255 e. The topological polar surface area (TPSA) is 12.9 Å². The molecular weight excluding hydrogens is 262 g/mol. The van der Waals surface area contributed by atoms with Crippen molar-refractivity contribution in [2.75, 3.05) is 0 Å². The fourth-order valence-corrected chi connectivity index (χ4v) is 1.90. The van der Waals surface area contributed by atoms with E-state index in [-0.39, 0.29) is 5.52 Å². The Kier molecular flexibility index (Phi) is 2.72. The van der Waals surface area contributed by atoms with Crippen LogP contribution in [0.3, 0.4) is 0 Å². The van der Waals surface area contributed by atoms with E-state index in [9.17, 15) is 13.2 Å². The molecule has 1 nitrogen and oxygen atoms in total. The van der Waals surface area contributed by atoms with Crippen LogP contribution in [0.2, 0.25) is 10.0 Å². The van der Waals surface area contributed by atoms with E-state index in [1.807, 2.05) is 0 Å². The molecule has 0 aliphatic rings. The van der Waals surface area contributed by atoms with Gasteiger partial charge in [-0.15, -0.1) is 0 Å². The Hall–Kier alpha value is -1.00. The van der Waals surface area contributed by atoms with Gasteiger partial charge in [0, 0.05) is 11.6 Å². The van der Waals surface area contributed by atoms with Crippen LogP contribution in [-0.2, 0) is 6.18 Å². The maximum absolute atomic E-state index is 12.5. The molecule has 0 radical (unpaired) electrons. The van der Waals surface area contributed by atoms with Crippen molar-refractivity contribution in [3.05, 3.63) is 40.0 Å². The van der Waals surface area contributed by atoms with Crippen LogP contribution in [0.15, 0.2) is 24.4 Å². The van der Waals surface area contributed by atoms with E-state index in [1.165, 1.54) is 18.3 Å². The second-order valence-corrected chi connectivity index (χ2v) is 3.90. The van der Waals surface area contributed by atoms with Crippen molar-refractivity contribution in [2.24, 2.45) is 0 Å². The lowest BCUT2D eigenvalue weighted by atomic mass is 10.1. The van der Waals surface area contributed by atoms with Gasteiger partial charge in [-0.3, -0.25) is 4.98 Å². The highest BCUT2D eigenvalue weighted by atomic mass is 35.5. The molecule has 0 atom stereocenters. The standard InChI is InChI=1S/C10H4Cl2F3N/c11-7-3-4-16-9-5(7)1-2-6(8(9)12)10(13,14)15/h1-4H. The number of rotatable bonds is 0. The summed E-state index contributed by atoms with van der Waals surface area (Å²) in [4.78, 5) is 3.80. The van der Waals surface area contributed by atoms with Crippen molar-refractivity contribution in [1.29, 1.82) is 0 Å². The summed E-state index contributed by atoms with van der Waals surface area (Å²) in [6.07, 6.45) is -3.17. The fourth-order valence-electron chi connectivity index (χ4n) is 1.37. The number of alkyl halides is 3. The first kappa shape index (κ1) is 11.5. The number of pyridine rings is 1. The van der Waals surface area contributed by atoms with E-state index in [4.69, 9.17) is 23.2 Å². The summed E-state index contributed by atoms with van der Waals surface area (Å²) in [5.74, 6) is 0. The first-order valence-electron chi connectivity index (χ1n) is 4.21. The predicted octanol–water partition coefficient (Wildman–Crippen LogP) is 4.56. The van der Waals surface area contributed by atoms with Crippen LogP contribution in [0.5, 0.6) is 0 Å². The largest absolute Gasteiger partial charge is 0.417 e. The molecule has 0 saturated carbocycles. The van der Waals surface area contributed by atoms with Crippen LogP contribution in [0.1, 0.15) is 5.56 Å². The third-order valence-electron chi connectivity index (χ3n) is 2.10. The molecule has 0 spiro atoms. The molecule has 6 heteroatoms. The minimum absolute atomic E-state index is 0.0593. The van der Waals surface area contributed by atoms with Gasteiger partial charge in [-0.1, -0.05) is 29.3 Å². The van der Waals surface area contributed by atoms with Crippen LogP contribution in [0.25, 0.3) is 10.9 Å². The van der Waals surface area contributed by atoms with Crippen molar-refractivity contribution >= 4 is 34.1 Å². The van der Waals surface area contributed by atoms with Crippen molar-refractivity contribution < 1.29 is 13.2 Å². The van der Waals surface area contributed by atoms with Crippen LogP contribution < -0.4 is 0 Å². The molecule has 16 heavy (non-hydrogen) atoms. The van der Waals surface area contributed by atoms with Crippen LogP contribution in [0.4, 0.5) is 13.2 Å². The zero-order valence-electron chi connectivity index (χ0n) is 7.65. The number of nitrogens with zero attached hydrogens (tertiary/aromatic N) is 1. The second-order valence-electron chi connectivity index (χ2n) is 3.11. The third kappa shape index (κ3) is 1.83. The molecule has 0 saturated heterocycles. The molecule has 2 aromatic rings. The van der Waals surface area contributed by atoms with E-state index >= 15 is 0 Å². The highest BCUT2D eigenvalue weighted by molar-refractivity contribution is 6.39. The minimum Gasteiger partial charge on any atom is -0.255 e. The molecule has 0 bridgehead atoms. The second kappa shape index (κ2) is 3.79. The van der Waals surface area contributed by atoms with Gasteiger partial charge in [0.1, 0.15) is 0 Å². The maximum Gasteiger partial charge on any atom is 0.417 e. The normalized spacial score (nSPS) is 12.1. The average Bonchev–Trinajstić information content (AvgIpc) is 2.18. The lowest BCUT2D eigenvalue weighted by molar-refractivity contribution is -0.137. The number of aromatic nitrogens is 1. The molecule has 0 amide bonds. The molecule has 1 heterocycles. The molecule has 0 aliphatic carbocycles. The summed E-state index contributed by atoms with van der Waals surface area (Å²) >= 11 is 11.5. The molecular formula is C10H4Cl2F3N. The minimum atomic E-state index is -4.49. The number of benzene rings is 1. The number of halogens is 5. The summed E-state index contributed by atoms with van der Waals surface area (Å²) in [6.45, 7) is 0. The molecule has 1 aromatic heterocycles. The van der Waals surface area contributed by atoms with Crippen LogP contribution in [-0.4, -0.2) is 4.98 Å². The predicted molar refractivity (Wildman–Crippen MR) is 56.8 cm³/mol. The molecule has 0 N–H and O–H groups in total. The number of fused-ring (bicyclic) bond motifs is 1. The van der Waals surface area contributed by atoms with E-state index in [2.05, 4.69) is 4.98 Å². The van der Waals surface area contributed by atoms with Gasteiger partial charge in [-0.2, -0.15) is 13.2 Å². The summed E-state index contributed by atoms with van der Waals surface area (Å²) in [5.41, 5.74) is -0.847. The maximum atomic E-state index is 12.5. The van der Waals surface area contributed by atoms with Gasteiger partial charge in [-0.25, -0.2) is 0 Å². The average molecular weight is 266 g/mol. The lowest BCUT2D eigenvalue weighted by Crippen LogP contribution is -2.06. The van der Waals surface area contributed by atoms with Crippen LogP contribution in [0, 0.1) is 0 Å². The van der Waals surface area contributed by atoms with E-state index in [0.29, 0.717) is 10.4 Å². The van der Waals surface area contributed by atoms with Gasteiger partial charge in [0.15, 0.2) is 0 Å². The quantitative estimate of drug-likeness (QED) is 0.681. The van der Waals surface area contributed by atoms with Crippen molar-refractivity contribution in [3.8, 4) is 0 Å². The van der Waals surface area contributed by atoms with Crippen molar-refractivity contribution in [1.82, 2.24) is 4.98 Å². The molecule has 0 unspecified atom stereocenters. The van der Waals surface area contributed by atoms with Gasteiger partial charge < -0.3 is 0 Å². The van der Waals surface area contributed by atoms with Gasteiger partial charge in [-0.05, 0) is 12.1 Å².